The molecule has 2 aromatic carbocycles. The number of carbonyl (C=O) groups is 2. The van der Waals surface area contributed by atoms with Crippen molar-refractivity contribution in [2.45, 2.75) is 13.8 Å². The minimum atomic E-state index is -0.420. The zero-order chi connectivity index (χ0) is 20.8. The van der Waals surface area contributed by atoms with E-state index in [9.17, 15) is 9.59 Å². The molecule has 3 heterocycles. The minimum absolute atomic E-state index is 0.102. The van der Waals surface area contributed by atoms with Gasteiger partial charge in [-0.1, -0.05) is 18.2 Å². The summed E-state index contributed by atoms with van der Waals surface area (Å²) in [4.78, 5) is 25.4. The molecule has 7 nitrogen and oxygen atoms in total. The van der Waals surface area contributed by atoms with E-state index in [1.54, 1.807) is 18.2 Å². The summed E-state index contributed by atoms with van der Waals surface area (Å²) in [6.07, 6.45) is 1.65. The average molecular weight is 401 g/mol. The van der Waals surface area contributed by atoms with E-state index >= 15 is 0 Å². The second-order valence-electron chi connectivity index (χ2n) is 7.17. The molecule has 0 spiro atoms. The van der Waals surface area contributed by atoms with E-state index in [0.29, 0.717) is 11.4 Å². The predicted octanol–water partition coefficient (Wildman–Crippen LogP) is 3.28. The van der Waals surface area contributed by atoms with E-state index in [0.717, 1.165) is 28.4 Å². The maximum atomic E-state index is 12.9. The number of ether oxygens (including phenoxy) is 2. The van der Waals surface area contributed by atoms with Crippen LogP contribution in [0, 0.1) is 13.8 Å². The number of aromatic nitrogens is 1. The Kier molecular flexibility index (Phi) is 4.10. The SMILES string of the molecule is Cc1cc(C=C2C(=O)NN(c3ccccc3)C2=O)c(C)n1-c1ccc2c(c1)OCO2. The molecule has 2 aliphatic rings. The quantitative estimate of drug-likeness (QED) is 0.540. The van der Waals surface area contributed by atoms with Crippen LogP contribution in [-0.2, 0) is 9.59 Å². The van der Waals surface area contributed by atoms with E-state index in [1.807, 2.05) is 56.3 Å². The van der Waals surface area contributed by atoms with Gasteiger partial charge in [0.1, 0.15) is 5.57 Å². The molecule has 1 saturated heterocycles. The Hall–Kier alpha value is -4.00. The molecule has 30 heavy (non-hydrogen) atoms. The fourth-order valence-corrected chi connectivity index (χ4v) is 3.83. The first-order valence-corrected chi connectivity index (χ1v) is 9.54. The molecular weight excluding hydrogens is 382 g/mol. The molecule has 2 aliphatic heterocycles. The lowest BCUT2D eigenvalue weighted by atomic mass is 10.1. The largest absolute Gasteiger partial charge is 0.454 e. The number of amides is 2. The maximum Gasteiger partial charge on any atom is 0.282 e. The van der Waals surface area contributed by atoms with Crippen molar-refractivity contribution in [3.8, 4) is 17.2 Å². The van der Waals surface area contributed by atoms with E-state index in [1.165, 1.54) is 5.01 Å². The Balaban J connectivity index is 1.51. The standard InChI is InChI=1S/C23H19N3O4/c1-14-10-16(15(2)25(14)18-8-9-20-21(12-18)30-13-29-20)11-19-22(27)24-26(23(19)28)17-6-4-3-5-7-17/h3-12H,13H2,1-2H3,(H,24,27). The van der Waals surface area contributed by atoms with Gasteiger partial charge < -0.3 is 14.0 Å². The molecule has 0 saturated carbocycles. The minimum Gasteiger partial charge on any atom is -0.454 e. The zero-order valence-electron chi connectivity index (χ0n) is 16.5. The molecule has 0 atom stereocenters. The lowest BCUT2D eigenvalue weighted by Crippen LogP contribution is -2.35. The van der Waals surface area contributed by atoms with Crippen LogP contribution in [0.3, 0.4) is 0 Å². The number of anilines is 1. The molecule has 3 aromatic rings. The monoisotopic (exact) mass is 401 g/mol. The molecule has 7 heteroatoms. The highest BCUT2D eigenvalue weighted by atomic mass is 16.7. The highest BCUT2D eigenvalue weighted by Crippen LogP contribution is 2.35. The third kappa shape index (κ3) is 2.83. The van der Waals surface area contributed by atoms with Gasteiger partial charge in [-0.3, -0.25) is 15.0 Å². The van der Waals surface area contributed by atoms with Gasteiger partial charge in [0.2, 0.25) is 6.79 Å². The maximum absolute atomic E-state index is 12.9. The molecule has 150 valence electrons. The summed E-state index contributed by atoms with van der Waals surface area (Å²) in [6, 6.07) is 16.7. The van der Waals surface area contributed by atoms with Crippen molar-refractivity contribution in [3.05, 3.63) is 77.1 Å². The van der Waals surface area contributed by atoms with Crippen LogP contribution >= 0.6 is 0 Å². The van der Waals surface area contributed by atoms with Crippen LogP contribution in [-0.4, -0.2) is 23.2 Å². The molecule has 0 bridgehead atoms. The molecule has 0 aliphatic carbocycles. The van der Waals surface area contributed by atoms with E-state index in [-0.39, 0.29) is 18.3 Å². The highest BCUT2D eigenvalue weighted by Gasteiger charge is 2.34. The molecule has 1 fully saturated rings. The van der Waals surface area contributed by atoms with Crippen LogP contribution in [0.25, 0.3) is 11.8 Å². The number of hydrogen-bond acceptors (Lipinski definition) is 4. The fourth-order valence-electron chi connectivity index (χ4n) is 3.83. The van der Waals surface area contributed by atoms with Gasteiger partial charge in [-0.15, -0.1) is 0 Å². The van der Waals surface area contributed by atoms with Crippen molar-refractivity contribution >= 4 is 23.6 Å². The van der Waals surface area contributed by atoms with Gasteiger partial charge in [-0.2, -0.15) is 0 Å². The Morgan fingerprint density at radius 1 is 0.933 bits per heavy atom. The number of fused-ring (bicyclic) bond motifs is 1. The number of nitrogens with zero attached hydrogens (tertiary/aromatic N) is 2. The number of aryl methyl sites for hydroxylation is 1. The van der Waals surface area contributed by atoms with Gasteiger partial charge in [0.25, 0.3) is 11.8 Å². The van der Waals surface area contributed by atoms with E-state index < -0.39 is 5.91 Å². The van der Waals surface area contributed by atoms with Crippen molar-refractivity contribution < 1.29 is 19.1 Å². The van der Waals surface area contributed by atoms with Gasteiger partial charge in [-0.05, 0) is 55.8 Å². The first kappa shape index (κ1) is 18.1. The highest BCUT2D eigenvalue weighted by molar-refractivity contribution is 6.31. The number of carbonyl (C=O) groups excluding carboxylic acids is 2. The third-order valence-corrected chi connectivity index (χ3v) is 5.29. The fraction of sp³-hybridized carbons (Fsp3) is 0.130. The molecular formula is C23H19N3O4. The van der Waals surface area contributed by atoms with Gasteiger partial charge in [0.15, 0.2) is 11.5 Å². The summed E-state index contributed by atoms with van der Waals surface area (Å²) in [7, 11) is 0. The van der Waals surface area contributed by atoms with Crippen LogP contribution < -0.4 is 19.9 Å². The summed E-state index contributed by atoms with van der Waals surface area (Å²) in [5.41, 5.74) is 6.97. The van der Waals surface area contributed by atoms with Crippen molar-refractivity contribution in [3.63, 3.8) is 0 Å². The van der Waals surface area contributed by atoms with Crippen LogP contribution in [0.5, 0.6) is 11.5 Å². The number of hydrogen-bond donors (Lipinski definition) is 1. The number of rotatable bonds is 3. The van der Waals surface area contributed by atoms with Crippen LogP contribution in [0.2, 0.25) is 0 Å². The first-order valence-electron chi connectivity index (χ1n) is 9.54. The normalized spacial score (nSPS) is 16.5. The summed E-state index contributed by atoms with van der Waals surface area (Å²) in [5.74, 6) is 0.623. The molecule has 1 N–H and O–H groups in total. The van der Waals surface area contributed by atoms with Crippen molar-refractivity contribution in [2.24, 2.45) is 0 Å². The lowest BCUT2D eigenvalue weighted by Gasteiger charge is -2.13. The second-order valence-corrected chi connectivity index (χ2v) is 7.17. The Bertz CT molecular complexity index is 1210. The first-order chi connectivity index (χ1) is 14.5. The Morgan fingerprint density at radius 3 is 2.50 bits per heavy atom. The topological polar surface area (TPSA) is 72.8 Å². The van der Waals surface area contributed by atoms with Crippen molar-refractivity contribution in [2.75, 3.05) is 11.8 Å². The van der Waals surface area contributed by atoms with E-state index in [4.69, 9.17) is 9.47 Å². The van der Waals surface area contributed by atoms with Gasteiger partial charge in [0.05, 0.1) is 5.69 Å². The number of benzene rings is 2. The summed E-state index contributed by atoms with van der Waals surface area (Å²) < 4.78 is 12.9. The lowest BCUT2D eigenvalue weighted by molar-refractivity contribution is -0.117. The molecule has 1 aromatic heterocycles. The van der Waals surface area contributed by atoms with Gasteiger partial charge in [0, 0.05) is 23.1 Å². The van der Waals surface area contributed by atoms with E-state index in [2.05, 4.69) is 9.99 Å². The van der Waals surface area contributed by atoms with Crippen LogP contribution in [0.4, 0.5) is 5.69 Å². The average Bonchev–Trinajstić information content (AvgIpc) is 3.40. The Morgan fingerprint density at radius 2 is 1.70 bits per heavy atom. The molecule has 0 unspecified atom stereocenters. The molecule has 5 rings (SSSR count). The predicted molar refractivity (Wildman–Crippen MR) is 111 cm³/mol. The Labute approximate surface area is 173 Å². The summed E-state index contributed by atoms with van der Waals surface area (Å²) >= 11 is 0. The zero-order valence-corrected chi connectivity index (χ0v) is 16.5. The number of para-hydroxylation sites is 1. The number of nitrogens with one attached hydrogen (secondary N) is 1. The second kappa shape index (κ2) is 6.81. The number of hydrazine groups is 1. The van der Waals surface area contributed by atoms with Gasteiger partial charge in [-0.25, -0.2) is 5.01 Å². The van der Waals surface area contributed by atoms with Gasteiger partial charge >= 0.3 is 0 Å². The summed E-state index contributed by atoms with van der Waals surface area (Å²) in [5, 5.41) is 1.27. The van der Waals surface area contributed by atoms with Crippen LogP contribution in [0.15, 0.2) is 60.2 Å². The van der Waals surface area contributed by atoms with Crippen molar-refractivity contribution in [1.82, 2.24) is 9.99 Å². The molecule has 2 amide bonds. The smallest absolute Gasteiger partial charge is 0.282 e. The van der Waals surface area contributed by atoms with Crippen LogP contribution in [0.1, 0.15) is 17.0 Å². The third-order valence-electron chi connectivity index (χ3n) is 5.29. The molecule has 0 radical (unpaired) electrons. The summed E-state index contributed by atoms with van der Waals surface area (Å²) in [6.45, 7) is 4.15. The van der Waals surface area contributed by atoms with Crippen molar-refractivity contribution in [1.29, 1.82) is 0 Å².